The SMILES string of the molecule is Cc1cc(CN2CCN(C(=O)N[C@@H]3CCN4CCCC[C@@H]34)CC2)no1. The van der Waals surface area contributed by atoms with E-state index in [1.165, 1.54) is 25.8 Å². The number of piperazine rings is 1. The molecule has 4 rings (SSSR count). The minimum absolute atomic E-state index is 0.120. The Kier molecular flexibility index (Phi) is 4.94. The normalized spacial score (nSPS) is 28.1. The highest BCUT2D eigenvalue weighted by Gasteiger charge is 2.37. The number of urea groups is 1. The van der Waals surface area contributed by atoms with Crippen molar-refractivity contribution >= 4 is 6.03 Å². The van der Waals surface area contributed by atoms with Crippen molar-refractivity contribution in [2.75, 3.05) is 39.3 Å². The molecular formula is C18H29N5O2. The van der Waals surface area contributed by atoms with Crippen LogP contribution in [-0.4, -0.2) is 77.2 Å². The molecule has 0 saturated carbocycles. The Morgan fingerprint density at radius 2 is 2.04 bits per heavy atom. The molecule has 3 saturated heterocycles. The number of carbonyl (C=O) groups excluding carboxylic acids is 1. The predicted molar refractivity (Wildman–Crippen MR) is 94.2 cm³/mol. The zero-order valence-electron chi connectivity index (χ0n) is 15.1. The highest BCUT2D eigenvalue weighted by molar-refractivity contribution is 5.74. The molecular weight excluding hydrogens is 318 g/mol. The molecule has 1 N–H and O–H groups in total. The second kappa shape index (κ2) is 7.33. The summed E-state index contributed by atoms with van der Waals surface area (Å²) in [5.41, 5.74) is 0.971. The van der Waals surface area contributed by atoms with Gasteiger partial charge in [-0.25, -0.2) is 4.79 Å². The van der Waals surface area contributed by atoms with Crippen molar-refractivity contribution in [1.82, 2.24) is 25.2 Å². The maximum atomic E-state index is 12.6. The minimum Gasteiger partial charge on any atom is -0.361 e. The number of aromatic nitrogens is 1. The van der Waals surface area contributed by atoms with Crippen LogP contribution in [0.4, 0.5) is 4.79 Å². The first-order valence-corrected chi connectivity index (χ1v) is 9.63. The maximum Gasteiger partial charge on any atom is 0.317 e. The molecule has 0 aromatic carbocycles. The Morgan fingerprint density at radius 1 is 1.20 bits per heavy atom. The van der Waals surface area contributed by atoms with Gasteiger partial charge in [0.15, 0.2) is 0 Å². The molecule has 1 aromatic heterocycles. The van der Waals surface area contributed by atoms with E-state index in [0.29, 0.717) is 12.1 Å². The average molecular weight is 347 g/mol. The minimum atomic E-state index is 0.120. The number of piperidine rings is 1. The molecule has 0 spiro atoms. The fourth-order valence-electron chi connectivity index (χ4n) is 4.50. The highest BCUT2D eigenvalue weighted by Crippen LogP contribution is 2.27. The lowest BCUT2D eigenvalue weighted by atomic mass is 9.99. The highest BCUT2D eigenvalue weighted by atomic mass is 16.5. The molecule has 0 radical (unpaired) electrons. The monoisotopic (exact) mass is 347 g/mol. The maximum absolute atomic E-state index is 12.6. The summed E-state index contributed by atoms with van der Waals surface area (Å²) in [5, 5.41) is 7.37. The van der Waals surface area contributed by atoms with Gasteiger partial charge in [-0.15, -0.1) is 0 Å². The van der Waals surface area contributed by atoms with Gasteiger partial charge in [-0.2, -0.15) is 0 Å². The van der Waals surface area contributed by atoms with Gasteiger partial charge in [0.2, 0.25) is 0 Å². The average Bonchev–Trinajstić information content (AvgIpc) is 3.22. The van der Waals surface area contributed by atoms with Crippen molar-refractivity contribution in [1.29, 1.82) is 0 Å². The summed E-state index contributed by atoms with van der Waals surface area (Å²) >= 11 is 0. The topological polar surface area (TPSA) is 64.8 Å². The molecule has 1 aromatic rings. The number of hydrogen-bond acceptors (Lipinski definition) is 5. The third kappa shape index (κ3) is 3.82. The molecule has 7 heteroatoms. The van der Waals surface area contributed by atoms with Gasteiger partial charge in [0.1, 0.15) is 5.76 Å². The first-order chi connectivity index (χ1) is 12.2. The van der Waals surface area contributed by atoms with Crippen LogP contribution in [0.5, 0.6) is 0 Å². The second-order valence-electron chi connectivity index (χ2n) is 7.64. The van der Waals surface area contributed by atoms with Crippen LogP contribution < -0.4 is 5.32 Å². The van der Waals surface area contributed by atoms with Gasteiger partial charge in [-0.1, -0.05) is 11.6 Å². The van der Waals surface area contributed by atoms with Gasteiger partial charge in [0.05, 0.1) is 5.69 Å². The zero-order valence-corrected chi connectivity index (χ0v) is 15.1. The largest absolute Gasteiger partial charge is 0.361 e. The van der Waals surface area contributed by atoms with E-state index in [0.717, 1.165) is 57.1 Å². The number of rotatable bonds is 3. The molecule has 0 aliphatic carbocycles. The molecule has 3 aliphatic heterocycles. The summed E-state index contributed by atoms with van der Waals surface area (Å²) in [6, 6.07) is 3.00. The number of aryl methyl sites for hydroxylation is 1. The summed E-state index contributed by atoms with van der Waals surface area (Å²) in [6.45, 7) is 8.39. The van der Waals surface area contributed by atoms with Crippen molar-refractivity contribution < 1.29 is 9.32 Å². The smallest absolute Gasteiger partial charge is 0.317 e. The predicted octanol–water partition coefficient (Wildman–Crippen LogP) is 1.44. The van der Waals surface area contributed by atoms with E-state index in [1.54, 1.807) is 0 Å². The van der Waals surface area contributed by atoms with Gasteiger partial charge in [-0.3, -0.25) is 9.80 Å². The molecule has 4 heterocycles. The molecule has 0 bridgehead atoms. The molecule has 138 valence electrons. The van der Waals surface area contributed by atoms with Crippen molar-refractivity contribution in [3.63, 3.8) is 0 Å². The molecule has 25 heavy (non-hydrogen) atoms. The van der Waals surface area contributed by atoms with Crippen LogP contribution in [-0.2, 0) is 6.54 Å². The number of carbonyl (C=O) groups is 1. The second-order valence-corrected chi connectivity index (χ2v) is 7.64. The Bertz CT molecular complexity index is 596. The molecule has 3 fully saturated rings. The third-order valence-corrected chi connectivity index (χ3v) is 5.89. The number of amides is 2. The number of nitrogens with one attached hydrogen (secondary N) is 1. The first-order valence-electron chi connectivity index (χ1n) is 9.63. The summed E-state index contributed by atoms with van der Waals surface area (Å²) < 4.78 is 5.13. The Hall–Kier alpha value is -1.60. The van der Waals surface area contributed by atoms with E-state index in [1.807, 2.05) is 17.9 Å². The summed E-state index contributed by atoms with van der Waals surface area (Å²) in [7, 11) is 0. The number of fused-ring (bicyclic) bond motifs is 1. The lowest BCUT2D eigenvalue weighted by Gasteiger charge is -2.36. The Balaban J connectivity index is 1.24. The summed E-state index contributed by atoms with van der Waals surface area (Å²) in [6.07, 6.45) is 4.94. The van der Waals surface area contributed by atoms with Crippen molar-refractivity contribution in [3.8, 4) is 0 Å². The summed E-state index contributed by atoms with van der Waals surface area (Å²) in [4.78, 5) is 19.5. The number of nitrogens with zero attached hydrogens (tertiary/aromatic N) is 4. The summed E-state index contributed by atoms with van der Waals surface area (Å²) in [5.74, 6) is 0.848. The van der Waals surface area contributed by atoms with E-state index in [-0.39, 0.29) is 6.03 Å². The van der Waals surface area contributed by atoms with E-state index in [4.69, 9.17) is 4.52 Å². The van der Waals surface area contributed by atoms with E-state index < -0.39 is 0 Å². The van der Waals surface area contributed by atoms with Crippen molar-refractivity contribution in [2.24, 2.45) is 0 Å². The Morgan fingerprint density at radius 3 is 2.80 bits per heavy atom. The first kappa shape index (κ1) is 16.8. The van der Waals surface area contributed by atoms with Gasteiger partial charge in [0.25, 0.3) is 0 Å². The van der Waals surface area contributed by atoms with Crippen LogP contribution in [0.2, 0.25) is 0 Å². The standard InChI is InChI=1S/C18H29N5O2/c1-14-12-15(20-25-14)13-21-8-10-23(11-9-21)18(24)19-16-5-7-22-6-3-2-4-17(16)22/h12,16-17H,2-11,13H2,1H3,(H,19,24)/t16-,17+/m1/s1. The van der Waals surface area contributed by atoms with Crippen LogP contribution in [0.1, 0.15) is 37.1 Å². The zero-order chi connectivity index (χ0) is 17.2. The van der Waals surface area contributed by atoms with Crippen LogP contribution in [0.3, 0.4) is 0 Å². The van der Waals surface area contributed by atoms with Gasteiger partial charge >= 0.3 is 6.03 Å². The Labute approximate surface area is 149 Å². The van der Waals surface area contributed by atoms with Crippen LogP contribution in [0.15, 0.2) is 10.6 Å². The molecule has 2 atom stereocenters. The third-order valence-electron chi connectivity index (χ3n) is 5.89. The van der Waals surface area contributed by atoms with E-state index in [2.05, 4.69) is 20.3 Å². The lowest BCUT2D eigenvalue weighted by molar-refractivity contribution is 0.127. The lowest BCUT2D eigenvalue weighted by Crippen LogP contribution is -2.55. The van der Waals surface area contributed by atoms with E-state index in [9.17, 15) is 4.79 Å². The number of hydrogen-bond donors (Lipinski definition) is 1. The molecule has 2 amide bonds. The van der Waals surface area contributed by atoms with Gasteiger partial charge in [-0.05, 0) is 32.7 Å². The van der Waals surface area contributed by atoms with Gasteiger partial charge in [0, 0.05) is 57.4 Å². The fourth-order valence-corrected chi connectivity index (χ4v) is 4.50. The van der Waals surface area contributed by atoms with Crippen molar-refractivity contribution in [2.45, 2.75) is 51.2 Å². The quantitative estimate of drug-likeness (QED) is 0.896. The van der Waals surface area contributed by atoms with Gasteiger partial charge < -0.3 is 14.7 Å². The fraction of sp³-hybridized carbons (Fsp3) is 0.778. The van der Waals surface area contributed by atoms with Crippen molar-refractivity contribution in [3.05, 3.63) is 17.5 Å². The van der Waals surface area contributed by atoms with Crippen LogP contribution >= 0.6 is 0 Å². The van der Waals surface area contributed by atoms with Crippen LogP contribution in [0.25, 0.3) is 0 Å². The van der Waals surface area contributed by atoms with Crippen LogP contribution in [0, 0.1) is 6.92 Å². The van der Waals surface area contributed by atoms with E-state index >= 15 is 0 Å². The molecule has 7 nitrogen and oxygen atoms in total. The molecule has 3 aliphatic rings. The molecule has 0 unspecified atom stereocenters.